The van der Waals surface area contributed by atoms with Gasteiger partial charge in [0.2, 0.25) is 0 Å². The lowest BCUT2D eigenvalue weighted by Crippen LogP contribution is -2.28. The maximum absolute atomic E-state index is 12.6. The minimum Gasteiger partial charge on any atom is -0.481 e. The lowest BCUT2D eigenvalue weighted by molar-refractivity contribution is -0.137. The van der Waals surface area contributed by atoms with Gasteiger partial charge in [-0.25, -0.2) is 13.8 Å². The third-order valence-corrected chi connectivity index (χ3v) is 2.82. The minimum atomic E-state index is -2.71. The van der Waals surface area contributed by atoms with Crippen molar-refractivity contribution in [1.29, 1.82) is 0 Å². The number of carboxylic acid groups (broad SMARTS) is 1. The van der Waals surface area contributed by atoms with Crippen LogP contribution in [0.15, 0.2) is 29.1 Å². The number of nitrogens with zero attached hydrogens (tertiary/aromatic N) is 2. The van der Waals surface area contributed by atoms with Crippen molar-refractivity contribution in [3.8, 4) is 0 Å². The summed E-state index contributed by atoms with van der Waals surface area (Å²) in [6.07, 6.45) is -3.05. The van der Waals surface area contributed by atoms with Gasteiger partial charge in [-0.15, -0.1) is 0 Å². The Labute approximate surface area is 112 Å². The molecule has 1 aromatic heterocycles. The summed E-state index contributed by atoms with van der Waals surface area (Å²) < 4.78 is 26.0. The molecule has 0 bridgehead atoms. The second kappa shape index (κ2) is 5.77. The number of alkyl halides is 2. The fraction of sp³-hybridized carbons (Fsp3) is 0.308. The number of aliphatic carboxylic acids is 1. The number of para-hydroxylation sites is 1. The van der Waals surface area contributed by atoms with Gasteiger partial charge in [-0.3, -0.25) is 14.2 Å². The molecule has 2 aromatic rings. The van der Waals surface area contributed by atoms with E-state index in [2.05, 4.69) is 4.98 Å². The van der Waals surface area contributed by atoms with Gasteiger partial charge < -0.3 is 5.11 Å². The van der Waals surface area contributed by atoms with Gasteiger partial charge in [0.05, 0.1) is 23.9 Å². The van der Waals surface area contributed by atoms with E-state index < -0.39 is 24.5 Å². The third kappa shape index (κ3) is 2.98. The van der Waals surface area contributed by atoms with Crippen LogP contribution in [0.3, 0.4) is 0 Å². The summed E-state index contributed by atoms with van der Waals surface area (Å²) in [4.78, 5) is 26.9. The Bertz CT molecular complexity index is 698. The first-order chi connectivity index (χ1) is 9.49. The summed E-state index contributed by atoms with van der Waals surface area (Å²) in [7, 11) is 0. The predicted molar refractivity (Wildman–Crippen MR) is 68.0 cm³/mol. The molecule has 7 heteroatoms. The number of carbonyl (C=O) groups is 1. The van der Waals surface area contributed by atoms with Crippen LogP contribution in [0.5, 0.6) is 0 Å². The van der Waals surface area contributed by atoms with Crippen molar-refractivity contribution in [3.63, 3.8) is 0 Å². The molecule has 0 saturated carbocycles. The third-order valence-electron chi connectivity index (χ3n) is 2.82. The Morgan fingerprint density at radius 2 is 2.05 bits per heavy atom. The Morgan fingerprint density at radius 3 is 2.70 bits per heavy atom. The first-order valence-corrected chi connectivity index (χ1v) is 5.97. The summed E-state index contributed by atoms with van der Waals surface area (Å²) in [5.41, 5.74) is -0.195. The van der Waals surface area contributed by atoms with Crippen LogP contribution in [-0.2, 0) is 17.8 Å². The van der Waals surface area contributed by atoms with Crippen molar-refractivity contribution < 1.29 is 18.7 Å². The van der Waals surface area contributed by atoms with Crippen molar-refractivity contribution in [2.45, 2.75) is 25.8 Å². The van der Waals surface area contributed by atoms with Gasteiger partial charge in [-0.05, 0) is 12.1 Å². The Morgan fingerprint density at radius 1 is 1.35 bits per heavy atom. The monoisotopic (exact) mass is 282 g/mol. The van der Waals surface area contributed by atoms with Crippen LogP contribution in [0, 0.1) is 0 Å². The number of fused-ring (bicyclic) bond motifs is 1. The van der Waals surface area contributed by atoms with E-state index >= 15 is 0 Å². The second-order valence-electron chi connectivity index (χ2n) is 4.25. The zero-order valence-corrected chi connectivity index (χ0v) is 10.4. The van der Waals surface area contributed by atoms with Crippen molar-refractivity contribution in [2.24, 2.45) is 0 Å². The summed E-state index contributed by atoms with van der Waals surface area (Å²) in [6, 6.07) is 6.39. The molecule has 20 heavy (non-hydrogen) atoms. The highest BCUT2D eigenvalue weighted by Crippen LogP contribution is 2.10. The quantitative estimate of drug-likeness (QED) is 0.905. The van der Waals surface area contributed by atoms with E-state index in [1.807, 2.05) is 0 Å². The summed E-state index contributed by atoms with van der Waals surface area (Å²) >= 11 is 0. The van der Waals surface area contributed by atoms with E-state index in [-0.39, 0.29) is 24.1 Å². The predicted octanol–water partition coefficient (Wildman–Crippen LogP) is 1.68. The number of aryl methyl sites for hydroxylation is 1. The summed E-state index contributed by atoms with van der Waals surface area (Å²) in [5.74, 6) is -1.01. The molecular weight excluding hydrogens is 270 g/mol. The Balaban J connectivity index is 2.57. The van der Waals surface area contributed by atoms with E-state index in [0.717, 1.165) is 4.57 Å². The topological polar surface area (TPSA) is 72.2 Å². The molecule has 0 amide bonds. The maximum Gasteiger partial charge on any atom is 0.303 e. The number of aromatic nitrogens is 2. The van der Waals surface area contributed by atoms with E-state index in [0.29, 0.717) is 5.52 Å². The standard InChI is InChI=1S/C13H12F2N2O3/c14-10(15)7-17-11(5-6-12(18)19)16-9-4-2-1-3-8(9)13(17)20/h1-4,10H,5-7H2,(H,18,19). The smallest absolute Gasteiger partial charge is 0.303 e. The molecular formula is C13H12F2N2O3. The molecule has 5 nitrogen and oxygen atoms in total. The van der Waals surface area contributed by atoms with Gasteiger partial charge in [-0.1, -0.05) is 12.1 Å². The normalized spacial score (nSPS) is 11.2. The molecule has 2 rings (SSSR count). The average Bonchev–Trinajstić information content (AvgIpc) is 2.39. The first-order valence-electron chi connectivity index (χ1n) is 5.97. The van der Waals surface area contributed by atoms with Crippen molar-refractivity contribution in [1.82, 2.24) is 9.55 Å². The zero-order chi connectivity index (χ0) is 14.7. The van der Waals surface area contributed by atoms with Crippen LogP contribution < -0.4 is 5.56 Å². The van der Waals surface area contributed by atoms with Crippen molar-refractivity contribution in [2.75, 3.05) is 0 Å². The number of hydrogen-bond donors (Lipinski definition) is 1. The molecule has 0 unspecified atom stereocenters. The molecule has 0 spiro atoms. The molecule has 1 aromatic carbocycles. The first kappa shape index (κ1) is 14.1. The highest BCUT2D eigenvalue weighted by molar-refractivity contribution is 5.77. The number of carboxylic acids is 1. The minimum absolute atomic E-state index is 0.0661. The Kier molecular flexibility index (Phi) is 4.07. The van der Waals surface area contributed by atoms with E-state index in [1.54, 1.807) is 18.2 Å². The fourth-order valence-corrected chi connectivity index (χ4v) is 1.95. The van der Waals surface area contributed by atoms with Crippen molar-refractivity contribution in [3.05, 3.63) is 40.4 Å². The fourth-order valence-electron chi connectivity index (χ4n) is 1.95. The van der Waals surface area contributed by atoms with Gasteiger partial charge >= 0.3 is 5.97 Å². The van der Waals surface area contributed by atoms with Gasteiger partial charge in [-0.2, -0.15) is 0 Å². The SMILES string of the molecule is O=C(O)CCc1nc2ccccc2c(=O)n1CC(F)F. The van der Waals surface area contributed by atoms with Crippen LogP contribution in [-0.4, -0.2) is 27.1 Å². The lowest BCUT2D eigenvalue weighted by atomic mass is 10.2. The van der Waals surface area contributed by atoms with Crippen molar-refractivity contribution >= 4 is 16.9 Å². The number of halogens is 2. The number of benzene rings is 1. The lowest BCUT2D eigenvalue weighted by Gasteiger charge is -2.12. The van der Waals surface area contributed by atoms with E-state index in [9.17, 15) is 18.4 Å². The summed E-state index contributed by atoms with van der Waals surface area (Å²) in [5, 5.41) is 8.91. The summed E-state index contributed by atoms with van der Waals surface area (Å²) in [6.45, 7) is -0.786. The zero-order valence-electron chi connectivity index (χ0n) is 10.4. The highest BCUT2D eigenvalue weighted by atomic mass is 19.3. The molecule has 1 N–H and O–H groups in total. The highest BCUT2D eigenvalue weighted by Gasteiger charge is 2.15. The van der Waals surface area contributed by atoms with Crippen LogP contribution in [0.1, 0.15) is 12.2 Å². The number of hydrogen-bond acceptors (Lipinski definition) is 3. The van der Waals surface area contributed by atoms with Crippen LogP contribution >= 0.6 is 0 Å². The molecule has 1 heterocycles. The molecule has 0 saturated heterocycles. The van der Waals surface area contributed by atoms with E-state index in [4.69, 9.17) is 5.11 Å². The van der Waals surface area contributed by atoms with Gasteiger partial charge in [0.15, 0.2) is 0 Å². The van der Waals surface area contributed by atoms with Crippen LogP contribution in [0.4, 0.5) is 8.78 Å². The largest absolute Gasteiger partial charge is 0.481 e. The van der Waals surface area contributed by atoms with Crippen LogP contribution in [0.25, 0.3) is 10.9 Å². The van der Waals surface area contributed by atoms with Gasteiger partial charge in [0, 0.05) is 6.42 Å². The Hall–Kier alpha value is -2.31. The van der Waals surface area contributed by atoms with Gasteiger partial charge in [0.1, 0.15) is 5.82 Å². The molecule has 0 aliphatic heterocycles. The van der Waals surface area contributed by atoms with Gasteiger partial charge in [0.25, 0.3) is 12.0 Å². The maximum atomic E-state index is 12.6. The second-order valence-corrected chi connectivity index (χ2v) is 4.25. The van der Waals surface area contributed by atoms with Crippen LogP contribution in [0.2, 0.25) is 0 Å². The number of rotatable bonds is 5. The molecule has 0 fully saturated rings. The molecule has 0 radical (unpaired) electrons. The van der Waals surface area contributed by atoms with E-state index in [1.165, 1.54) is 6.07 Å². The molecule has 0 aliphatic rings. The average molecular weight is 282 g/mol. The molecule has 0 atom stereocenters. The molecule has 106 valence electrons. The molecule has 0 aliphatic carbocycles.